The number of benzene rings is 1. The van der Waals surface area contributed by atoms with Gasteiger partial charge in [0, 0.05) is 37.0 Å². The number of aliphatic hydroxyl groups is 1. The SMILES string of the molecule is CC(CC(O)c1ccco1)NCc1cn(C)nc1-c1ccccc1. The number of furan rings is 1. The Morgan fingerprint density at radius 1 is 1.21 bits per heavy atom. The molecule has 126 valence electrons. The van der Waals surface area contributed by atoms with Gasteiger partial charge in [-0.25, -0.2) is 0 Å². The molecule has 0 saturated heterocycles. The van der Waals surface area contributed by atoms with Crippen molar-refractivity contribution >= 4 is 0 Å². The van der Waals surface area contributed by atoms with Crippen molar-refractivity contribution in [1.82, 2.24) is 15.1 Å². The van der Waals surface area contributed by atoms with E-state index in [2.05, 4.69) is 29.5 Å². The Morgan fingerprint density at radius 2 is 2.00 bits per heavy atom. The van der Waals surface area contributed by atoms with Crippen molar-refractivity contribution in [2.75, 3.05) is 0 Å². The highest BCUT2D eigenvalue weighted by molar-refractivity contribution is 5.62. The third-order valence-corrected chi connectivity index (χ3v) is 4.04. The maximum absolute atomic E-state index is 10.2. The van der Waals surface area contributed by atoms with Gasteiger partial charge in [-0.15, -0.1) is 0 Å². The van der Waals surface area contributed by atoms with E-state index in [1.807, 2.05) is 36.1 Å². The molecule has 0 aliphatic rings. The van der Waals surface area contributed by atoms with Gasteiger partial charge in [0.15, 0.2) is 0 Å². The van der Waals surface area contributed by atoms with E-state index in [0.29, 0.717) is 18.7 Å². The van der Waals surface area contributed by atoms with Crippen LogP contribution in [0.2, 0.25) is 0 Å². The summed E-state index contributed by atoms with van der Waals surface area (Å²) in [5.74, 6) is 0.606. The standard InChI is InChI=1S/C19H23N3O2/c1-14(11-17(23)18-9-6-10-24-18)20-12-16-13-22(2)21-19(16)15-7-4-3-5-8-15/h3-10,13-14,17,20,23H,11-12H2,1-2H3. The number of aromatic nitrogens is 2. The second kappa shape index (κ2) is 7.47. The highest BCUT2D eigenvalue weighted by Crippen LogP contribution is 2.22. The van der Waals surface area contributed by atoms with Gasteiger partial charge in [-0.1, -0.05) is 30.3 Å². The zero-order chi connectivity index (χ0) is 16.9. The molecule has 2 unspecified atom stereocenters. The van der Waals surface area contributed by atoms with Crippen LogP contribution >= 0.6 is 0 Å². The smallest absolute Gasteiger partial charge is 0.132 e. The van der Waals surface area contributed by atoms with Gasteiger partial charge in [-0.3, -0.25) is 4.68 Å². The molecule has 0 spiro atoms. The number of aryl methyl sites for hydroxylation is 1. The molecule has 5 nitrogen and oxygen atoms in total. The van der Waals surface area contributed by atoms with Crippen LogP contribution in [0.25, 0.3) is 11.3 Å². The van der Waals surface area contributed by atoms with Crippen molar-refractivity contribution in [3.63, 3.8) is 0 Å². The molecule has 0 saturated carbocycles. The van der Waals surface area contributed by atoms with E-state index >= 15 is 0 Å². The lowest BCUT2D eigenvalue weighted by molar-refractivity contribution is 0.128. The second-order valence-corrected chi connectivity index (χ2v) is 6.09. The topological polar surface area (TPSA) is 63.2 Å². The van der Waals surface area contributed by atoms with E-state index in [0.717, 1.165) is 16.8 Å². The molecule has 5 heteroatoms. The first-order valence-corrected chi connectivity index (χ1v) is 8.16. The van der Waals surface area contributed by atoms with Gasteiger partial charge in [-0.2, -0.15) is 5.10 Å². The molecule has 2 atom stereocenters. The summed E-state index contributed by atoms with van der Waals surface area (Å²) in [6.07, 6.45) is 3.61. The molecule has 0 aliphatic heterocycles. The Labute approximate surface area is 141 Å². The van der Waals surface area contributed by atoms with Crippen molar-refractivity contribution in [3.05, 3.63) is 66.2 Å². The normalized spacial score (nSPS) is 13.8. The maximum atomic E-state index is 10.2. The van der Waals surface area contributed by atoms with Crippen LogP contribution in [0, 0.1) is 0 Å². The first-order chi connectivity index (χ1) is 11.6. The Kier molecular flexibility index (Phi) is 5.13. The molecule has 2 heterocycles. The molecular weight excluding hydrogens is 302 g/mol. The maximum Gasteiger partial charge on any atom is 0.132 e. The summed E-state index contributed by atoms with van der Waals surface area (Å²) in [6, 6.07) is 13.9. The monoisotopic (exact) mass is 325 g/mol. The van der Waals surface area contributed by atoms with E-state index in [9.17, 15) is 5.11 Å². The first-order valence-electron chi connectivity index (χ1n) is 8.16. The molecule has 0 amide bonds. The Morgan fingerprint density at radius 3 is 2.71 bits per heavy atom. The summed E-state index contributed by atoms with van der Waals surface area (Å²) >= 11 is 0. The molecule has 0 aliphatic carbocycles. The van der Waals surface area contributed by atoms with Crippen molar-refractivity contribution in [2.24, 2.45) is 7.05 Å². The average Bonchev–Trinajstić information content (AvgIpc) is 3.23. The van der Waals surface area contributed by atoms with E-state index in [1.165, 1.54) is 0 Å². The number of hydrogen-bond donors (Lipinski definition) is 2. The summed E-state index contributed by atoms with van der Waals surface area (Å²) in [7, 11) is 1.93. The van der Waals surface area contributed by atoms with E-state index < -0.39 is 6.10 Å². The highest BCUT2D eigenvalue weighted by Gasteiger charge is 2.16. The predicted molar refractivity (Wildman–Crippen MR) is 93.2 cm³/mol. The molecule has 3 aromatic rings. The lowest BCUT2D eigenvalue weighted by Crippen LogP contribution is -2.27. The van der Waals surface area contributed by atoms with Crippen LogP contribution in [0.5, 0.6) is 0 Å². The van der Waals surface area contributed by atoms with Crippen LogP contribution in [0.1, 0.15) is 30.8 Å². The summed E-state index contributed by atoms with van der Waals surface area (Å²) in [5.41, 5.74) is 3.24. The number of aliphatic hydroxyl groups excluding tert-OH is 1. The van der Waals surface area contributed by atoms with Gasteiger partial charge in [0.1, 0.15) is 11.9 Å². The third-order valence-electron chi connectivity index (χ3n) is 4.04. The van der Waals surface area contributed by atoms with Crippen LogP contribution in [0.15, 0.2) is 59.3 Å². The Bertz CT molecular complexity index is 750. The summed E-state index contributed by atoms with van der Waals surface area (Å²) in [6.45, 7) is 2.76. The highest BCUT2D eigenvalue weighted by atomic mass is 16.4. The van der Waals surface area contributed by atoms with Gasteiger partial charge < -0.3 is 14.8 Å². The fraction of sp³-hybridized carbons (Fsp3) is 0.316. The molecule has 0 radical (unpaired) electrons. The minimum atomic E-state index is -0.593. The van der Waals surface area contributed by atoms with Crippen LogP contribution in [0.3, 0.4) is 0 Å². The van der Waals surface area contributed by atoms with Gasteiger partial charge in [0.25, 0.3) is 0 Å². The number of hydrogen-bond acceptors (Lipinski definition) is 4. The zero-order valence-corrected chi connectivity index (χ0v) is 14.0. The predicted octanol–water partition coefficient (Wildman–Crippen LogP) is 3.28. The third kappa shape index (κ3) is 3.93. The molecule has 1 aromatic carbocycles. The number of nitrogens with one attached hydrogen (secondary N) is 1. The zero-order valence-electron chi connectivity index (χ0n) is 14.0. The molecule has 0 fully saturated rings. The van der Waals surface area contributed by atoms with Gasteiger partial charge in [-0.05, 0) is 25.5 Å². The van der Waals surface area contributed by atoms with E-state index in [4.69, 9.17) is 4.42 Å². The molecule has 0 bridgehead atoms. The lowest BCUT2D eigenvalue weighted by atomic mass is 10.1. The summed E-state index contributed by atoms with van der Waals surface area (Å²) < 4.78 is 7.08. The van der Waals surface area contributed by atoms with Gasteiger partial charge >= 0.3 is 0 Å². The van der Waals surface area contributed by atoms with E-state index in [1.54, 1.807) is 18.4 Å². The van der Waals surface area contributed by atoms with Gasteiger partial charge in [0.05, 0.1) is 12.0 Å². The van der Waals surface area contributed by atoms with Crippen LogP contribution in [-0.4, -0.2) is 20.9 Å². The van der Waals surface area contributed by atoms with Crippen molar-refractivity contribution in [1.29, 1.82) is 0 Å². The number of nitrogens with zero attached hydrogens (tertiary/aromatic N) is 2. The van der Waals surface area contributed by atoms with Gasteiger partial charge in [0.2, 0.25) is 0 Å². The minimum absolute atomic E-state index is 0.147. The fourth-order valence-corrected chi connectivity index (χ4v) is 2.81. The van der Waals surface area contributed by atoms with Crippen molar-refractivity contribution in [3.8, 4) is 11.3 Å². The first kappa shape index (κ1) is 16.5. The largest absolute Gasteiger partial charge is 0.467 e. The summed E-state index contributed by atoms with van der Waals surface area (Å²) in [4.78, 5) is 0. The Hall–Kier alpha value is -2.37. The van der Waals surface area contributed by atoms with E-state index in [-0.39, 0.29) is 6.04 Å². The van der Waals surface area contributed by atoms with Crippen LogP contribution in [0.4, 0.5) is 0 Å². The quantitative estimate of drug-likeness (QED) is 0.700. The molecule has 2 aromatic heterocycles. The Balaban J connectivity index is 1.62. The molecule has 3 rings (SSSR count). The molecule has 2 N–H and O–H groups in total. The summed E-state index contributed by atoms with van der Waals surface area (Å²) in [5, 5.41) is 18.2. The minimum Gasteiger partial charge on any atom is -0.467 e. The van der Waals surface area contributed by atoms with Crippen molar-refractivity contribution in [2.45, 2.75) is 32.0 Å². The second-order valence-electron chi connectivity index (χ2n) is 6.09. The molecule has 24 heavy (non-hydrogen) atoms. The van der Waals surface area contributed by atoms with Crippen molar-refractivity contribution < 1.29 is 9.52 Å². The van der Waals surface area contributed by atoms with Crippen LogP contribution in [-0.2, 0) is 13.6 Å². The lowest BCUT2D eigenvalue weighted by Gasteiger charge is -2.16. The average molecular weight is 325 g/mol. The molecular formula is C19H23N3O2. The number of rotatable bonds is 7. The van der Waals surface area contributed by atoms with Crippen LogP contribution < -0.4 is 5.32 Å². The fourth-order valence-electron chi connectivity index (χ4n) is 2.81.